The van der Waals surface area contributed by atoms with Crippen LogP contribution in [0.25, 0.3) is 33.4 Å². The van der Waals surface area contributed by atoms with E-state index < -0.39 is 11.7 Å². The highest BCUT2D eigenvalue weighted by atomic mass is 19.1. The van der Waals surface area contributed by atoms with Gasteiger partial charge in [0.05, 0.1) is 12.2 Å². The molecule has 5 aromatic rings. The van der Waals surface area contributed by atoms with Gasteiger partial charge in [0.25, 0.3) is 11.8 Å². The van der Waals surface area contributed by atoms with E-state index in [9.17, 15) is 19.1 Å². The fourth-order valence-corrected chi connectivity index (χ4v) is 4.91. The summed E-state index contributed by atoms with van der Waals surface area (Å²) in [5, 5.41) is 13.2. The molecule has 0 aliphatic rings. The first-order chi connectivity index (χ1) is 19.7. The molecule has 0 spiro atoms. The summed E-state index contributed by atoms with van der Waals surface area (Å²) in [6.45, 7) is 4.53. The van der Waals surface area contributed by atoms with Gasteiger partial charge in [-0.25, -0.2) is 4.39 Å². The number of aliphatic hydroxyl groups excluding tert-OH is 1. The number of amides is 2. The predicted octanol–water partition coefficient (Wildman–Crippen LogP) is 6.47. The number of nitrogens with one attached hydrogen (secondary N) is 1. The number of benzene rings is 4. The molecule has 208 valence electrons. The molecule has 41 heavy (non-hydrogen) atoms. The van der Waals surface area contributed by atoms with Crippen molar-refractivity contribution in [2.75, 3.05) is 6.54 Å². The monoisotopic (exact) mass is 550 g/mol. The molecule has 1 heterocycles. The Hall–Kier alpha value is -4.75. The highest BCUT2D eigenvalue weighted by Gasteiger charge is 2.21. The lowest BCUT2D eigenvalue weighted by Gasteiger charge is -2.14. The average molecular weight is 551 g/mol. The largest absolute Gasteiger partial charge is 0.455 e. The molecule has 0 fully saturated rings. The topological polar surface area (TPSA) is 106 Å². The van der Waals surface area contributed by atoms with E-state index in [0.29, 0.717) is 46.7 Å². The van der Waals surface area contributed by atoms with E-state index in [0.717, 1.165) is 27.8 Å². The zero-order chi connectivity index (χ0) is 29.1. The molecule has 2 amide bonds. The van der Waals surface area contributed by atoms with Crippen LogP contribution in [0.1, 0.15) is 51.3 Å². The van der Waals surface area contributed by atoms with Crippen molar-refractivity contribution >= 4 is 22.8 Å². The Balaban J connectivity index is 1.53. The SMILES string of the molecule is CC(C)CNC(=O)c1cc(Cc2ccc3oc(-c4ccc(F)cc4)c(C(N)=O)c3c2)ccc1-c1cccc(CO)c1. The first-order valence-electron chi connectivity index (χ1n) is 13.5. The van der Waals surface area contributed by atoms with Crippen LogP contribution >= 0.6 is 0 Å². The number of furan rings is 1. The highest BCUT2D eigenvalue weighted by molar-refractivity contribution is 6.10. The molecule has 7 heteroatoms. The second-order valence-electron chi connectivity index (χ2n) is 10.5. The number of hydrogen-bond donors (Lipinski definition) is 3. The third-order valence-corrected chi connectivity index (χ3v) is 6.93. The normalized spacial score (nSPS) is 11.2. The van der Waals surface area contributed by atoms with Gasteiger partial charge in [-0.1, -0.05) is 50.2 Å². The van der Waals surface area contributed by atoms with Gasteiger partial charge in [0.1, 0.15) is 17.2 Å². The van der Waals surface area contributed by atoms with E-state index in [2.05, 4.69) is 5.32 Å². The van der Waals surface area contributed by atoms with Crippen molar-refractivity contribution in [2.24, 2.45) is 11.7 Å². The van der Waals surface area contributed by atoms with Crippen LogP contribution in [0.5, 0.6) is 0 Å². The molecule has 4 N–H and O–H groups in total. The lowest BCUT2D eigenvalue weighted by atomic mass is 9.93. The maximum absolute atomic E-state index is 13.5. The molecule has 0 unspecified atom stereocenters. The van der Waals surface area contributed by atoms with Crippen LogP contribution in [0.3, 0.4) is 0 Å². The molecule has 6 nitrogen and oxygen atoms in total. The Morgan fingerprint density at radius 1 is 0.902 bits per heavy atom. The van der Waals surface area contributed by atoms with Crippen LogP contribution in [-0.4, -0.2) is 23.5 Å². The smallest absolute Gasteiger partial charge is 0.253 e. The van der Waals surface area contributed by atoms with Gasteiger partial charge in [-0.2, -0.15) is 0 Å². The first-order valence-corrected chi connectivity index (χ1v) is 13.5. The first kappa shape index (κ1) is 27.8. The summed E-state index contributed by atoms with van der Waals surface area (Å²) < 4.78 is 19.5. The number of primary amides is 1. The van der Waals surface area contributed by atoms with Crippen LogP contribution in [-0.2, 0) is 13.0 Å². The summed E-state index contributed by atoms with van der Waals surface area (Å²) in [5.74, 6) is -0.612. The molecule has 1 aromatic heterocycles. The van der Waals surface area contributed by atoms with Crippen molar-refractivity contribution in [1.82, 2.24) is 5.32 Å². The summed E-state index contributed by atoms with van der Waals surface area (Å²) in [4.78, 5) is 25.8. The number of hydrogen-bond acceptors (Lipinski definition) is 4. The lowest BCUT2D eigenvalue weighted by molar-refractivity contribution is 0.0948. The summed E-state index contributed by atoms with van der Waals surface area (Å²) in [6, 6.07) is 24.5. The number of rotatable bonds is 9. The van der Waals surface area contributed by atoms with E-state index in [4.69, 9.17) is 10.2 Å². The minimum Gasteiger partial charge on any atom is -0.455 e. The molecule has 0 atom stereocenters. The highest BCUT2D eigenvalue weighted by Crippen LogP contribution is 2.35. The van der Waals surface area contributed by atoms with Crippen LogP contribution < -0.4 is 11.1 Å². The van der Waals surface area contributed by atoms with Crippen molar-refractivity contribution in [2.45, 2.75) is 26.9 Å². The minimum absolute atomic E-state index is 0.0898. The molecule has 0 saturated heterocycles. The Morgan fingerprint density at radius 3 is 2.34 bits per heavy atom. The van der Waals surface area contributed by atoms with Gasteiger partial charge < -0.3 is 20.6 Å². The average Bonchev–Trinajstić information content (AvgIpc) is 3.35. The van der Waals surface area contributed by atoms with Gasteiger partial charge in [0.2, 0.25) is 0 Å². The van der Waals surface area contributed by atoms with Crippen molar-refractivity contribution in [3.8, 4) is 22.5 Å². The van der Waals surface area contributed by atoms with Crippen molar-refractivity contribution < 1.29 is 23.5 Å². The maximum Gasteiger partial charge on any atom is 0.253 e. The zero-order valence-electron chi connectivity index (χ0n) is 22.9. The summed E-state index contributed by atoms with van der Waals surface area (Å²) in [7, 11) is 0. The van der Waals surface area contributed by atoms with Crippen molar-refractivity contribution in [3.05, 3.63) is 119 Å². The number of carbonyl (C=O) groups excluding carboxylic acids is 2. The standard InChI is InChI=1S/C34H31FN2O4/c1-20(2)18-37-34(40)28-16-21(6-12-27(28)25-5-3-4-23(15-25)19-38)14-22-7-13-30-29(17-22)31(33(36)39)32(41-30)24-8-10-26(35)11-9-24/h3-13,15-17,20,38H,14,18-19H2,1-2H3,(H2,36,39)(H,37,40). The van der Waals surface area contributed by atoms with E-state index in [1.807, 2.05) is 68.4 Å². The predicted molar refractivity (Wildman–Crippen MR) is 158 cm³/mol. The van der Waals surface area contributed by atoms with E-state index >= 15 is 0 Å². The molecule has 0 aliphatic carbocycles. The van der Waals surface area contributed by atoms with Gasteiger partial charge in [-0.05, 0) is 88.7 Å². The minimum atomic E-state index is -0.640. The zero-order valence-corrected chi connectivity index (χ0v) is 22.9. The number of carbonyl (C=O) groups is 2. The van der Waals surface area contributed by atoms with Gasteiger partial charge in [0.15, 0.2) is 0 Å². The van der Waals surface area contributed by atoms with Gasteiger partial charge in [0, 0.05) is 23.1 Å². The molecule has 0 bridgehead atoms. The third kappa shape index (κ3) is 6.05. The number of fused-ring (bicyclic) bond motifs is 1. The van der Waals surface area contributed by atoms with E-state index in [1.54, 1.807) is 18.2 Å². The molecule has 0 radical (unpaired) electrons. The van der Waals surface area contributed by atoms with Gasteiger partial charge >= 0.3 is 0 Å². The summed E-state index contributed by atoms with van der Waals surface area (Å²) in [5.41, 5.74) is 11.8. The van der Waals surface area contributed by atoms with E-state index in [-0.39, 0.29) is 18.1 Å². The van der Waals surface area contributed by atoms with Gasteiger partial charge in [-0.3, -0.25) is 9.59 Å². The van der Waals surface area contributed by atoms with E-state index in [1.165, 1.54) is 12.1 Å². The Kier molecular flexibility index (Phi) is 7.99. The quantitative estimate of drug-likeness (QED) is 0.195. The van der Waals surface area contributed by atoms with Crippen LogP contribution in [0.4, 0.5) is 4.39 Å². The second-order valence-corrected chi connectivity index (χ2v) is 10.5. The van der Waals surface area contributed by atoms with Gasteiger partial charge in [-0.15, -0.1) is 0 Å². The fraction of sp³-hybridized carbons (Fsp3) is 0.176. The molecule has 0 aliphatic heterocycles. The Bertz CT molecular complexity index is 1740. The number of aliphatic hydroxyl groups is 1. The number of halogens is 1. The molecule has 0 saturated carbocycles. The summed E-state index contributed by atoms with van der Waals surface area (Å²) in [6.07, 6.45) is 0.493. The van der Waals surface area contributed by atoms with Crippen LogP contribution in [0.15, 0.2) is 89.3 Å². The van der Waals surface area contributed by atoms with Crippen molar-refractivity contribution in [3.63, 3.8) is 0 Å². The maximum atomic E-state index is 13.5. The molecular weight excluding hydrogens is 519 g/mol. The lowest BCUT2D eigenvalue weighted by Crippen LogP contribution is -2.27. The number of nitrogens with two attached hydrogens (primary N) is 1. The molecule has 4 aromatic carbocycles. The van der Waals surface area contributed by atoms with Crippen LogP contribution in [0.2, 0.25) is 0 Å². The molecule has 5 rings (SSSR count). The van der Waals surface area contributed by atoms with Crippen molar-refractivity contribution in [1.29, 1.82) is 0 Å². The summed E-state index contributed by atoms with van der Waals surface area (Å²) >= 11 is 0. The Morgan fingerprint density at radius 2 is 1.63 bits per heavy atom. The second kappa shape index (κ2) is 11.8. The van der Waals surface area contributed by atoms with Crippen LogP contribution in [0, 0.1) is 11.7 Å². The molecular formula is C34H31FN2O4. The fourth-order valence-electron chi connectivity index (χ4n) is 4.91. The Labute approximate surface area is 237 Å². The third-order valence-electron chi connectivity index (χ3n) is 6.93.